The van der Waals surface area contributed by atoms with Gasteiger partial charge in [0, 0.05) is 17.0 Å². The van der Waals surface area contributed by atoms with E-state index in [-0.39, 0.29) is 11.8 Å². The number of carbonyl (C=O) groups excluding carboxylic acids is 1. The lowest BCUT2D eigenvalue weighted by Gasteiger charge is -2.24. The zero-order chi connectivity index (χ0) is 18.3. The predicted molar refractivity (Wildman–Crippen MR) is 98.7 cm³/mol. The molecule has 0 aliphatic rings. The molecule has 1 unspecified atom stereocenters. The zero-order valence-corrected chi connectivity index (χ0v) is 15.9. The molecule has 1 heterocycles. The third-order valence-corrected chi connectivity index (χ3v) is 4.41. The Bertz CT molecular complexity index is 666. The number of hydrogen-bond donors (Lipinski definition) is 0. The first kappa shape index (κ1) is 19.6. The average Bonchev–Trinajstić information content (AvgIpc) is 3.08. The number of nitrogens with zero attached hydrogens (tertiary/aromatic N) is 3. The van der Waals surface area contributed by atoms with Crippen molar-refractivity contribution in [3.8, 4) is 0 Å². The van der Waals surface area contributed by atoms with Gasteiger partial charge in [0.15, 0.2) is 5.78 Å². The monoisotopic (exact) mass is 363 g/mol. The molecule has 6 heteroatoms. The Balaban J connectivity index is 1.78. The van der Waals surface area contributed by atoms with E-state index in [9.17, 15) is 4.79 Å². The number of rotatable bonds is 9. The molecule has 136 valence electrons. The van der Waals surface area contributed by atoms with Crippen LogP contribution in [0.2, 0.25) is 5.02 Å². The molecule has 0 aliphatic heterocycles. The molecule has 0 N–H and O–H groups in total. The Morgan fingerprint density at radius 3 is 2.68 bits per heavy atom. The second-order valence-corrected chi connectivity index (χ2v) is 7.51. The van der Waals surface area contributed by atoms with Gasteiger partial charge >= 0.3 is 0 Å². The van der Waals surface area contributed by atoms with Gasteiger partial charge in [-0.2, -0.15) is 5.10 Å². The van der Waals surface area contributed by atoms with Crippen molar-refractivity contribution >= 4 is 17.4 Å². The summed E-state index contributed by atoms with van der Waals surface area (Å²) in [5, 5.41) is 4.92. The van der Waals surface area contributed by atoms with Gasteiger partial charge in [-0.25, -0.2) is 9.67 Å². The largest absolute Gasteiger partial charge is 0.381 e. The third-order valence-electron chi connectivity index (χ3n) is 4.04. The van der Waals surface area contributed by atoms with Crippen LogP contribution in [0.5, 0.6) is 0 Å². The minimum atomic E-state index is -0.415. The summed E-state index contributed by atoms with van der Waals surface area (Å²) in [5.74, 6) is 0.161. The fourth-order valence-corrected chi connectivity index (χ4v) is 2.86. The van der Waals surface area contributed by atoms with Gasteiger partial charge in [-0.05, 0) is 30.9 Å². The molecule has 25 heavy (non-hydrogen) atoms. The van der Waals surface area contributed by atoms with Gasteiger partial charge in [-0.1, -0.05) is 50.6 Å². The smallest absolute Gasteiger partial charge is 0.162 e. The maximum Gasteiger partial charge on any atom is 0.162 e. The third kappa shape index (κ3) is 5.94. The molecule has 1 aromatic heterocycles. The van der Waals surface area contributed by atoms with Crippen LogP contribution in [0.15, 0.2) is 36.9 Å². The molecule has 2 rings (SSSR count). The molecule has 0 saturated heterocycles. The van der Waals surface area contributed by atoms with Crippen LogP contribution < -0.4 is 0 Å². The van der Waals surface area contributed by atoms with Crippen LogP contribution >= 0.6 is 11.6 Å². The molecule has 0 aliphatic carbocycles. The molecule has 1 atom stereocenters. The highest BCUT2D eigenvalue weighted by molar-refractivity contribution is 6.31. The maximum absolute atomic E-state index is 12.7. The number of ether oxygens (including phenoxy) is 1. The van der Waals surface area contributed by atoms with Gasteiger partial charge in [-0.15, -0.1) is 0 Å². The van der Waals surface area contributed by atoms with Crippen LogP contribution in [0, 0.1) is 5.41 Å². The number of ketones is 1. The first-order valence-electron chi connectivity index (χ1n) is 8.59. The average molecular weight is 364 g/mol. The number of halogens is 1. The second-order valence-electron chi connectivity index (χ2n) is 7.10. The first-order valence-corrected chi connectivity index (χ1v) is 8.97. The summed E-state index contributed by atoms with van der Waals surface area (Å²) in [7, 11) is 0. The number of aromatic nitrogens is 3. The standard InChI is InChI=1S/C19H26ClN3O2/c1-19(2,3)18(24)17(23-14-21-13-22-23)9-6-11-25-12-10-15-7-4-5-8-16(15)20/h4-5,7-8,13-14,17H,6,9-12H2,1-3H3. The summed E-state index contributed by atoms with van der Waals surface area (Å²) in [4.78, 5) is 16.6. The second kappa shape index (κ2) is 9.11. The van der Waals surface area contributed by atoms with Gasteiger partial charge in [0.2, 0.25) is 0 Å². The summed E-state index contributed by atoms with van der Waals surface area (Å²) in [5.41, 5.74) is 0.675. The van der Waals surface area contributed by atoms with E-state index >= 15 is 0 Å². The van der Waals surface area contributed by atoms with Crippen molar-refractivity contribution < 1.29 is 9.53 Å². The number of Topliss-reactive ketones (excluding diaryl/α,β-unsaturated/α-hetero) is 1. The Morgan fingerprint density at radius 2 is 2.04 bits per heavy atom. The van der Waals surface area contributed by atoms with Gasteiger partial charge in [0.05, 0.1) is 6.61 Å². The van der Waals surface area contributed by atoms with E-state index in [1.165, 1.54) is 6.33 Å². The highest BCUT2D eigenvalue weighted by Gasteiger charge is 2.30. The van der Waals surface area contributed by atoms with Crippen LogP contribution in [-0.2, 0) is 16.0 Å². The fourth-order valence-electron chi connectivity index (χ4n) is 2.63. The number of hydrogen-bond acceptors (Lipinski definition) is 4. The molecule has 0 radical (unpaired) electrons. The van der Waals surface area contributed by atoms with Crippen molar-refractivity contribution in [1.29, 1.82) is 0 Å². The molecule has 0 fully saturated rings. The molecule has 0 bridgehead atoms. The van der Waals surface area contributed by atoms with E-state index < -0.39 is 5.41 Å². The van der Waals surface area contributed by atoms with E-state index in [2.05, 4.69) is 10.1 Å². The zero-order valence-electron chi connectivity index (χ0n) is 15.1. The number of benzene rings is 1. The Labute approximate surface area is 154 Å². The molecule has 2 aromatic rings. The fraction of sp³-hybridized carbons (Fsp3) is 0.526. The molecular weight excluding hydrogens is 338 g/mol. The molecule has 0 spiro atoms. The topological polar surface area (TPSA) is 57.0 Å². The van der Waals surface area contributed by atoms with Crippen LogP contribution in [0.4, 0.5) is 0 Å². The van der Waals surface area contributed by atoms with Gasteiger partial charge in [0.25, 0.3) is 0 Å². The summed E-state index contributed by atoms with van der Waals surface area (Å²) < 4.78 is 7.36. The van der Waals surface area contributed by atoms with Crippen molar-refractivity contribution in [3.05, 3.63) is 47.5 Å². The molecular formula is C19H26ClN3O2. The first-order chi connectivity index (χ1) is 11.9. The summed E-state index contributed by atoms with van der Waals surface area (Å²) in [6, 6.07) is 7.49. The maximum atomic E-state index is 12.7. The molecule has 0 saturated carbocycles. The van der Waals surface area contributed by atoms with Gasteiger partial charge in [0.1, 0.15) is 18.7 Å². The van der Waals surface area contributed by atoms with Crippen molar-refractivity contribution in [2.24, 2.45) is 5.41 Å². The lowest BCUT2D eigenvalue weighted by molar-refractivity contribution is -0.130. The Morgan fingerprint density at radius 1 is 1.28 bits per heavy atom. The van der Waals surface area contributed by atoms with E-state index in [0.717, 1.165) is 23.4 Å². The van der Waals surface area contributed by atoms with E-state index in [4.69, 9.17) is 16.3 Å². The highest BCUT2D eigenvalue weighted by atomic mass is 35.5. The van der Waals surface area contributed by atoms with Crippen molar-refractivity contribution in [1.82, 2.24) is 14.8 Å². The summed E-state index contributed by atoms with van der Waals surface area (Å²) in [6.45, 7) is 7.01. The Kier molecular flexibility index (Phi) is 7.14. The van der Waals surface area contributed by atoms with E-state index in [1.54, 1.807) is 11.0 Å². The van der Waals surface area contributed by atoms with Crippen molar-refractivity contribution in [2.45, 2.75) is 46.1 Å². The van der Waals surface area contributed by atoms with Crippen LogP contribution in [0.25, 0.3) is 0 Å². The predicted octanol–water partition coefficient (Wildman–Crippen LogP) is 4.13. The normalized spacial score (nSPS) is 13.0. The minimum absolute atomic E-state index is 0.161. The van der Waals surface area contributed by atoms with Crippen LogP contribution in [0.3, 0.4) is 0 Å². The molecule has 5 nitrogen and oxygen atoms in total. The van der Waals surface area contributed by atoms with Crippen LogP contribution in [0.1, 0.15) is 45.2 Å². The van der Waals surface area contributed by atoms with Crippen molar-refractivity contribution in [2.75, 3.05) is 13.2 Å². The molecule has 0 amide bonds. The number of carbonyl (C=O) groups is 1. The Hall–Kier alpha value is -1.72. The van der Waals surface area contributed by atoms with Crippen molar-refractivity contribution in [3.63, 3.8) is 0 Å². The van der Waals surface area contributed by atoms with E-state index in [0.29, 0.717) is 19.6 Å². The lowest BCUT2D eigenvalue weighted by atomic mass is 9.85. The minimum Gasteiger partial charge on any atom is -0.381 e. The SMILES string of the molecule is CC(C)(C)C(=O)C(CCCOCCc1ccccc1Cl)n1cncn1. The lowest BCUT2D eigenvalue weighted by Crippen LogP contribution is -2.31. The summed E-state index contributed by atoms with van der Waals surface area (Å²) in [6.07, 6.45) is 5.32. The highest BCUT2D eigenvalue weighted by Crippen LogP contribution is 2.26. The van der Waals surface area contributed by atoms with Crippen LogP contribution in [-0.4, -0.2) is 33.8 Å². The quantitative estimate of drug-likeness (QED) is 0.628. The molecule has 1 aromatic carbocycles. The van der Waals surface area contributed by atoms with Gasteiger partial charge < -0.3 is 4.74 Å². The summed E-state index contributed by atoms with van der Waals surface area (Å²) >= 11 is 6.13. The van der Waals surface area contributed by atoms with Gasteiger partial charge in [-0.3, -0.25) is 4.79 Å². The van der Waals surface area contributed by atoms with E-state index in [1.807, 2.05) is 45.0 Å².